The van der Waals surface area contributed by atoms with Crippen LogP contribution in [0.2, 0.25) is 5.02 Å². The molecule has 0 bridgehead atoms. The van der Waals surface area contributed by atoms with E-state index in [2.05, 4.69) is 18.7 Å². The van der Waals surface area contributed by atoms with Crippen LogP contribution < -0.4 is 0 Å². The summed E-state index contributed by atoms with van der Waals surface area (Å²) in [5.74, 6) is 0.170. The number of rotatable bonds is 4. The Hall–Kier alpha value is -0.900. The summed E-state index contributed by atoms with van der Waals surface area (Å²) in [4.78, 5) is 14.4. The lowest BCUT2D eigenvalue weighted by atomic mass is 10.1. The van der Waals surface area contributed by atoms with Crippen molar-refractivity contribution < 1.29 is 9.53 Å². The highest BCUT2D eigenvalue weighted by molar-refractivity contribution is 6.30. The van der Waals surface area contributed by atoms with Crippen LogP contribution in [0.1, 0.15) is 30.6 Å². The molecule has 1 aromatic rings. The third-order valence-electron chi connectivity index (χ3n) is 3.32. The van der Waals surface area contributed by atoms with Crippen LogP contribution in [-0.2, 0) is 4.74 Å². The van der Waals surface area contributed by atoms with Crippen LogP contribution in [0.25, 0.3) is 0 Å². The van der Waals surface area contributed by atoms with Crippen molar-refractivity contribution in [3.8, 4) is 0 Å². The number of benzene rings is 1. The number of hydrogen-bond acceptors (Lipinski definition) is 3. The molecule has 4 heteroatoms. The molecule has 104 valence electrons. The minimum Gasteiger partial charge on any atom is -0.373 e. The molecule has 1 aliphatic heterocycles. The van der Waals surface area contributed by atoms with E-state index in [1.807, 2.05) is 0 Å². The standard InChI is InChI=1S/C15H20ClNO2/c1-11-9-17(10-12(2)19-11)8-7-15(18)13-3-5-14(16)6-4-13/h3-6,11-12H,7-10H2,1-2H3/t11-,12+. The van der Waals surface area contributed by atoms with Crippen molar-refractivity contribution >= 4 is 17.4 Å². The Morgan fingerprint density at radius 2 is 1.84 bits per heavy atom. The van der Waals surface area contributed by atoms with Crippen LogP contribution in [0, 0.1) is 0 Å². The van der Waals surface area contributed by atoms with E-state index in [1.165, 1.54) is 0 Å². The Bertz CT molecular complexity index is 422. The van der Waals surface area contributed by atoms with Crippen LogP contribution in [0.4, 0.5) is 0 Å². The number of halogens is 1. The van der Waals surface area contributed by atoms with E-state index in [9.17, 15) is 4.79 Å². The van der Waals surface area contributed by atoms with Crippen molar-refractivity contribution in [2.24, 2.45) is 0 Å². The predicted molar refractivity (Wildman–Crippen MR) is 76.8 cm³/mol. The maximum absolute atomic E-state index is 12.1. The van der Waals surface area contributed by atoms with Crippen LogP contribution in [-0.4, -0.2) is 42.5 Å². The zero-order valence-corrected chi connectivity index (χ0v) is 12.2. The highest BCUT2D eigenvalue weighted by Crippen LogP contribution is 2.14. The highest BCUT2D eigenvalue weighted by atomic mass is 35.5. The first-order valence-electron chi connectivity index (χ1n) is 6.71. The molecule has 0 radical (unpaired) electrons. The summed E-state index contributed by atoms with van der Waals surface area (Å²) in [6, 6.07) is 7.09. The van der Waals surface area contributed by atoms with Gasteiger partial charge in [0.1, 0.15) is 0 Å². The van der Waals surface area contributed by atoms with E-state index in [1.54, 1.807) is 24.3 Å². The average Bonchev–Trinajstić information content (AvgIpc) is 2.36. The first kappa shape index (κ1) is 14.5. The molecule has 0 aliphatic carbocycles. The van der Waals surface area contributed by atoms with Crippen molar-refractivity contribution in [3.05, 3.63) is 34.9 Å². The number of carbonyl (C=O) groups excluding carboxylic acids is 1. The molecule has 1 aromatic carbocycles. The molecule has 1 aliphatic rings. The molecule has 2 rings (SSSR count). The predicted octanol–water partition coefficient (Wildman–Crippen LogP) is 3.02. The molecule has 0 spiro atoms. The lowest BCUT2D eigenvalue weighted by Gasteiger charge is -2.35. The summed E-state index contributed by atoms with van der Waals surface area (Å²) in [6.45, 7) is 6.74. The number of nitrogens with zero attached hydrogens (tertiary/aromatic N) is 1. The number of morpholine rings is 1. The number of carbonyl (C=O) groups is 1. The van der Waals surface area contributed by atoms with Gasteiger partial charge in [-0.25, -0.2) is 0 Å². The molecule has 3 nitrogen and oxygen atoms in total. The zero-order chi connectivity index (χ0) is 13.8. The Morgan fingerprint density at radius 1 is 1.26 bits per heavy atom. The van der Waals surface area contributed by atoms with Gasteiger partial charge < -0.3 is 4.74 Å². The van der Waals surface area contributed by atoms with Gasteiger partial charge in [-0.2, -0.15) is 0 Å². The number of hydrogen-bond donors (Lipinski definition) is 0. The minimum absolute atomic E-state index is 0.170. The lowest BCUT2D eigenvalue weighted by Crippen LogP contribution is -2.46. The monoisotopic (exact) mass is 281 g/mol. The van der Waals surface area contributed by atoms with Crippen molar-refractivity contribution in [1.82, 2.24) is 4.90 Å². The Labute approximate surface area is 119 Å². The average molecular weight is 282 g/mol. The van der Waals surface area contributed by atoms with E-state index >= 15 is 0 Å². The van der Waals surface area contributed by atoms with E-state index in [0.717, 1.165) is 25.2 Å². The molecule has 0 N–H and O–H groups in total. The molecule has 2 atom stereocenters. The first-order valence-corrected chi connectivity index (χ1v) is 7.09. The van der Waals surface area contributed by atoms with Crippen molar-refractivity contribution in [1.29, 1.82) is 0 Å². The number of ketones is 1. The fourth-order valence-electron chi connectivity index (χ4n) is 2.51. The summed E-state index contributed by atoms with van der Waals surface area (Å²) >= 11 is 5.81. The number of Topliss-reactive ketones (excluding diaryl/α,β-unsaturated/α-hetero) is 1. The second kappa shape index (κ2) is 6.51. The summed E-state index contributed by atoms with van der Waals surface area (Å²) < 4.78 is 5.68. The normalized spacial score (nSPS) is 24.4. The van der Waals surface area contributed by atoms with Gasteiger partial charge in [0.25, 0.3) is 0 Å². The van der Waals surface area contributed by atoms with Gasteiger partial charge in [0, 0.05) is 36.6 Å². The molecular weight excluding hydrogens is 262 g/mol. The molecule has 0 unspecified atom stereocenters. The van der Waals surface area contributed by atoms with Crippen LogP contribution in [0.3, 0.4) is 0 Å². The van der Waals surface area contributed by atoms with Crippen molar-refractivity contribution in [3.63, 3.8) is 0 Å². The van der Waals surface area contributed by atoms with Crippen molar-refractivity contribution in [2.45, 2.75) is 32.5 Å². The molecule has 1 fully saturated rings. The van der Waals surface area contributed by atoms with E-state index in [0.29, 0.717) is 11.4 Å². The van der Waals surface area contributed by atoms with E-state index in [-0.39, 0.29) is 18.0 Å². The molecule has 0 amide bonds. The molecule has 0 aromatic heterocycles. The topological polar surface area (TPSA) is 29.5 Å². The lowest BCUT2D eigenvalue weighted by molar-refractivity contribution is -0.0675. The van der Waals surface area contributed by atoms with Gasteiger partial charge in [-0.05, 0) is 38.1 Å². The third kappa shape index (κ3) is 4.30. The summed E-state index contributed by atoms with van der Waals surface area (Å²) in [5, 5.41) is 0.660. The molecule has 0 saturated carbocycles. The smallest absolute Gasteiger partial charge is 0.164 e. The summed E-state index contributed by atoms with van der Waals surface area (Å²) in [5.41, 5.74) is 0.735. The Morgan fingerprint density at radius 3 is 2.42 bits per heavy atom. The van der Waals surface area contributed by atoms with Gasteiger partial charge in [-0.3, -0.25) is 9.69 Å². The summed E-state index contributed by atoms with van der Waals surface area (Å²) in [7, 11) is 0. The van der Waals surface area contributed by atoms with Gasteiger partial charge in [-0.1, -0.05) is 11.6 Å². The van der Waals surface area contributed by atoms with Crippen LogP contribution >= 0.6 is 11.6 Å². The maximum atomic E-state index is 12.1. The van der Waals surface area contributed by atoms with Gasteiger partial charge >= 0.3 is 0 Å². The second-order valence-corrected chi connectivity index (χ2v) is 5.63. The van der Waals surface area contributed by atoms with E-state index < -0.39 is 0 Å². The van der Waals surface area contributed by atoms with E-state index in [4.69, 9.17) is 16.3 Å². The fraction of sp³-hybridized carbons (Fsp3) is 0.533. The molecular formula is C15H20ClNO2. The minimum atomic E-state index is 0.170. The summed E-state index contributed by atoms with van der Waals surface area (Å²) in [6.07, 6.45) is 1.03. The molecule has 1 saturated heterocycles. The van der Waals surface area contributed by atoms with Gasteiger partial charge in [0.05, 0.1) is 12.2 Å². The third-order valence-corrected chi connectivity index (χ3v) is 3.57. The SMILES string of the molecule is C[C@@H]1CN(CCC(=O)c2ccc(Cl)cc2)C[C@H](C)O1. The highest BCUT2D eigenvalue weighted by Gasteiger charge is 2.22. The maximum Gasteiger partial charge on any atom is 0.164 e. The molecule has 19 heavy (non-hydrogen) atoms. The Balaban J connectivity index is 1.84. The van der Waals surface area contributed by atoms with Crippen molar-refractivity contribution in [2.75, 3.05) is 19.6 Å². The zero-order valence-electron chi connectivity index (χ0n) is 11.4. The van der Waals surface area contributed by atoms with Gasteiger partial charge in [0.2, 0.25) is 0 Å². The van der Waals surface area contributed by atoms with Crippen LogP contribution in [0.15, 0.2) is 24.3 Å². The van der Waals surface area contributed by atoms with Gasteiger partial charge in [-0.15, -0.1) is 0 Å². The second-order valence-electron chi connectivity index (χ2n) is 5.20. The Kier molecular flexibility index (Phi) is 4.97. The number of ether oxygens (including phenoxy) is 1. The largest absolute Gasteiger partial charge is 0.373 e. The first-order chi connectivity index (χ1) is 9.04. The van der Waals surface area contributed by atoms with Gasteiger partial charge in [0.15, 0.2) is 5.78 Å². The quantitative estimate of drug-likeness (QED) is 0.795. The fourth-order valence-corrected chi connectivity index (χ4v) is 2.63. The van der Waals surface area contributed by atoms with Crippen LogP contribution in [0.5, 0.6) is 0 Å². The molecule has 1 heterocycles.